The third-order valence-corrected chi connectivity index (χ3v) is 1.98. The first-order valence-electron chi connectivity index (χ1n) is 4.50. The highest BCUT2D eigenvalue weighted by Crippen LogP contribution is 2.21. The van der Waals surface area contributed by atoms with Crippen LogP contribution in [-0.4, -0.2) is 12.9 Å². The smallest absolute Gasteiger partial charge is 0.159 e. The van der Waals surface area contributed by atoms with Crippen molar-refractivity contribution < 1.29 is 9.53 Å². The molecular formula is C12H14O2. The molecule has 1 aromatic rings. The molecule has 0 aromatic heterocycles. The van der Waals surface area contributed by atoms with E-state index in [2.05, 4.69) is 0 Å². The van der Waals surface area contributed by atoms with Crippen molar-refractivity contribution in [1.29, 1.82) is 0 Å². The van der Waals surface area contributed by atoms with Gasteiger partial charge in [0.15, 0.2) is 5.78 Å². The SMILES string of the molecule is CC=Cc1cc(C(C)=O)ccc1OC. The molecule has 0 aliphatic rings. The van der Waals surface area contributed by atoms with Crippen LogP contribution < -0.4 is 4.74 Å². The molecule has 0 unspecified atom stereocenters. The average molecular weight is 190 g/mol. The first-order chi connectivity index (χ1) is 6.69. The summed E-state index contributed by atoms with van der Waals surface area (Å²) in [7, 11) is 1.62. The summed E-state index contributed by atoms with van der Waals surface area (Å²) in [5.74, 6) is 0.853. The zero-order valence-corrected chi connectivity index (χ0v) is 8.70. The Labute approximate surface area is 84.2 Å². The lowest BCUT2D eigenvalue weighted by molar-refractivity contribution is 0.101. The third-order valence-electron chi connectivity index (χ3n) is 1.98. The van der Waals surface area contributed by atoms with Gasteiger partial charge in [0, 0.05) is 11.1 Å². The molecule has 0 bridgehead atoms. The van der Waals surface area contributed by atoms with Crippen molar-refractivity contribution in [3.63, 3.8) is 0 Å². The molecule has 2 nitrogen and oxygen atoms in total. The van der Waals surface area contributed by atoms with E-state index in [-0.39, 0.29) is 5.78 Å². The van der Waals surface area contributed by atoms with Crippen LogP contribution in [0.5, 0.6) is 5.75 Å². The maximum Gasteiger partial charge on any atom is 0.159 e. The molecule has 1 aromatic carbocycles. The van der Waals surface area contributed by atoms with Crippen LogP contribution in [0.3, 0.4) is 0 Å². The van der Waals surface area contributed by atoms with E-state index in [4.69, 9.17) is 4.74 Å². The highest BCUT2D eigenvalue weighted by molar-refractivity contribution is 5.94. The fourth-order valence-corrected chi connectivity index (χ4v) is 1.26. The highest BCUT2D eigenvalue weighted by atomic mass is 16.5. The maximum absolute atomic E-state index is 11.1. The molecule has 0 N–H and O–H groups in total. The summed E-state index contributed by atoms with van der Waals surface area (Å²) in [5, 5.41) is 0. The minimum atomic E-state index is 0.0680. The molecule has 74 valence electrons. The van der Waals surface area contributed by atoms with Crippen LogP contribution in [0.15, 0.2) is 24.3 Å². The maximum atomic E-state index is 11.1. The van der Waals surface area contributed by atoms with E-state index in [9.17, 15) is 4.79 Å². The first-order valence-corrected chi connectivity index (χ1v) is 4.50. The van der Waals surface area contributed by atoms with Gasteiger partial charge < -0.3 is 4.74 Å². The standard InChI is InChI=1S/C12H14O2/c1-4-5-11-8-10(9(2)13)6-7-12(11)14-3/h4-8H,1-3H3. The summed E-state index contributed by atoms with van der Waals surface area (Å²) in [4.78, 5) is 11.1. The Morgan fingerprint density at radius 3 is 2.64 bits per heavy atom. The van der Waals surface area contributed by atoms with Crippen molar-refractivity contribution in [3.8, 4) is 5.75 Å². The lowest BCUT2D eigenvalue weighted by Crippen LogP contribution is -1.94. The Kier molecular flexibility index (Phi) is 3.46. The predicted octanol–water partition coefficient (Wildman–Crippen LogP) is 2.93. The lowest BCUT2D eigenvalue weighted by atomic mass is 10.1. The van der Waals surface area contributed by atoms with Crippen LogP contribution in [0, 0.1) is 0 Å². The molecule has 14 heavy (non-hydrogen) atoms. The van der Waals surface area contributed by atoms with Crippen molar-refractivity contribution in [2.75, 3.05) is 7.11 Å². The number of benzene rings is 1. The fourth-order valence-electron chi connectivity index (χ4n) is 1.26. The molecule has 0 atom stereocenters. The van der Waals surface area contributed by atoms with Crippen LogP contribution in [0.4, 0.5) is 0 Å². The zero-order valence-electron chi connectivity index (χ0n) is 8.70. The monoisotopic (exact) mass is 190 g/mol. The third kappa shape index (κ3) is 2.22. The summed E-state index contributed by atoms with van der Waals surface area (Å²) in [6.07, 6.45) is 3.84. The van der Waals surface area contributed by atoms with Crippen molar-refractivity contribution in [2.24, 2.45) is 0 Å². The highest BCUT2D eigenvalue weighted by Gasteiger charge is 2.04. The Hall–Kier alpha value is -1.57. The second-order valence-corrected chi connectivity index (χ2v) is 3.01. The number of carbonyl (C=O) groups excluding carboxylic acids is 1. The number of allylic oxidation sites excluding steroid dienone is 1. The van der Waals surface area contributed by atoms with E-state index in [1.807, 2.05) is 31.2 Å². The van der Waals surface area contributed by atoms with Gasteiger partial charge in [0.25, 0.3) is 0 Å². The minimum absolute atomic E-state index is 0.0680. The Bertz CT molecular complexity index is 365. The molecule has 1 rings (SSSR count). The van der Waals surface area contributed by atoms with Crippen LogP contribution in [0.2, 0.25) is 0 Å². The number of ketones is 1. The zero-order chi connectivity index (χ0) is 10.6. The van der Waals surface area contributed by atoms with Gasteiger partial charge in [-0.2, -0.15) is 0 Å². The summed E-state index contributed by atoms with van der Waals surface area (Å²) in [6, 6.07) is 5.42. The van der Waals surface area contributed by atoms with E-state index < -0.39 is 0 Å². The Morgan fingerprint density at radius 2 is 2.14 bits per heavy atom. The molecule has 0 aliphatic heterocycles. The van der Waals surface area contributed by atoms with Gasteiger partial charge in [-0.3, -0.25) is 4.79 Å². The molecular weight excluding hydrogens is 176 g/mol. The normalized spacial score (nSPS) is 10.5. The minimum Gasteiger partial charge on any atom is -0.496 e. The van der Waals surface area contributed by atoms with E-state index in [1.54, 1.807) is 20.1 Å². The number of Topliss-reactive ketones (excluding diaryl/α,β-unsaturated/α-hetero) is 1. The van der Waals surface area contributed by atoms with E-state index in [0.29, 0.717) is 5.56 Å². The fraction of sp³-hybridized carbons (Fsp3) is 0.250. The molecule has 0 amide bonds. The average Bonchev–Trinajstić information content (AvgIpc) is 2.18. The summed E-state index contributed by atoms with van der Waals surface area (Å²) in [6.45, 7) is 3.49. The van der Waals surface area contributed by atoms with Crippen molar-refractivity contribution in [3.05, 3.63) is 35.4 Å². The number of methoxy groups -OCH3 is 1. The van der Waals surface area contributed by atoms with Gasteiger partial charge in [0.2, 0.25) is 0 Å². The number of carbonyl (C=O) groups is 1. The van der Waals surface area contributed by atoms with Gasteiger partial charge >= 0.3 is 0 Å². The first kappa shape index (κ1) is 10.5. The van der Waals surface area contributed by atoms with Gasteiger partial charge in [-0.1, -0.05) is 12.2 Å². The Morgan fingerprint density at radius 1 is 1.43 bits per heavy atom. The number of rotatable bonds is 3. The number of hydrogen-bond acceptors (Lipinski definition) is 2. The van der Waals surface area contributed by atoms with Gasteiger partial charge in [-0.05, 0) is 32.0 Å². The lowest BCUT2D eigenvalue weighted by Gasteiger charge is -2.05. The number of ether oxygens (including phenoxy) is 1. The second kappa shape index (κ2) is 4.61. The van der Waals surface area contributed by atoms with E-state index >= 15 is 0 Å². The van der Waals surface area contributed by atoms with Gasteiger partial charge in [-0.15, -0.1) is 0 Å². The van der Waals surface area contributed by atoms with Gasteiger partial charge in [0.05, 0.1) is 7.11 Å². The molecule has 0 aliphatic carbocycles. The quantitative estimate of drug-likeness (QED) is 0.685. The van der Waals surface area contributed by atoms with Crippen molar-refractivity contribution >= 4 is 11.9 Å². The second-order valence-electron chi connectivity index (χ2n) is 3.01. The molecule has 0 saturated heterocycles. The molecule has 0 fully saturated rings. The number of hydrogen-bond donors (Lipinski definition) is 0. The Balaban J connectivity index is 3.20. The summed E-state index contributed by atoms with van der Waals surface area (Å²) < 4.78 is 5.17. The summed E-state index contributed by atoms with van der Waals surface area (Å²) in [5.41, 5.74) is 1.64. The molecule has 0 radical (unpaired) electrons. The van der Waals surface area contributed by atoms with E-state index in [1.165, 1.54) is 0 Å². The summed E-state index contributed by atoms with van der Waals surface area (Å²) >= 11 is 0. The van der Waals surface area contributed by atoms with E-state index in [0.717, 1.165) is 11.3 Å². The molecule has 0 spiro atoms. The topological polar surface area (TPSA) is 26.3 Å². The van der Waals surface area contributed by atoms with Crippen molar-refractivity contribution in [2.45, 2.75) is 13.8 Å². The molecule has 0 heterocycles. The van der Waals surface area contributed by atoms with Crippen molar-refractivity contribution in [1.82, 2.24) is 0 Å². The molecule has 2 heteroatoms. The van der Waals surface area contributed by atoms with Gasteiger partial charge in [-0.25, -0.2) is 0 Å². The van der Waals surface area contributed by atoms with Crippen LogP contribution in [-0.2, 0) is 0 Å². The largest absolute Gasteiger partial charge is 0.496 e. The van der Waals surface area contributed by atoms with Crippen LogP contribution in [0.1, 0.15) is 29.8 Å². The van der Waals surface area contributed by atoms with Gasteiger partial charge in [0.1, 0.15) is 5.75 Å². The van der Waals surface area contributed by atoms with Crippen LogP contribution >= 0.6 is 0 Å². The predicted molar refractivity (Wildman–Crippen MR) is 57.7 cm³/mol. The van der Waals surface area contributed by atoms with Crippen LogP contribution in [0.25, 0.3) is 6.08 Å². The molecule has 0 saturated carbocycles.